The summed E-state index contributed by atoms with van der Waals surface area (Å²) >= 11 is 4.34. The Labute approximate surface area is 201 Å². The summed E-state index contributed by atoms with van der Waals surface area (Å²) in [6.45, 7) is 5.53. The van der Waals surface area contributed by atoms with Crippen LogP contribution in [0.25, 0.3) is 0 Å². The number of amides is 1. The van der Waals surface area contributed by atoms with E-state index in [2.05, 4.69) is 35.8 Å². The highest BCUT2D eigenvalue weighted by molar-refractivity contribution is 7.82. The molecule has 0 radical (unpaired) electrons. The molecule has 0 aliphatic carbocycles. The molecular weight excluding hydrogens is 464 g/mol. The smallest absolute Gasteiger partial charge is 0.274 e. The van der Waals surface area contributed by atoms with E-state index in [1.165, 1.54) is 13.0 Å². The number of nitrogens with zero attached hydrogens (tertiary/aromatic N) is 5. The Hall–Kier alpha value is -3.65. The number of piperidine rings is 1. The fraction of sp³-hybridized carbons (Fsp3) is 0.304. The first-order valence-corrected chi connectivity index (χ1v) is 10.8. The molecule has 0 spiro atoms. The van der Waals surface area contributed by atoms with Crippen molar-refractivity contribution in [1.29, 1.82) is 5.26 Å². The summed E-state index contributed by atoms with van der Waals surface area (Å²) in [6.07, 6.45) is 0.898. The van der Waals surface area contributed by atoms with Crippen LogP contribution < -0.4 is 13.9 Å². The number of anilines is 2. The lowest BCUT2D eigenvalue weighted by Crippen LogP contribution is -2.39. The summed E-state index contributed by atoms with van der Waals surface area (Å²) in [7, 11) is 0. The van der Waals surface area contributed by atoms with E-state index in [0.29, 0.717) is 42.9 Å². The molecule has 1 heterocycles. The van der Waals surface area contributed by atoms with Gasteiger partial charge in [-0.2, -0.15) is 10.4 Å². The van der Waals surface area contributed by atoms with Crippen LogP contribution in [-0.2, 0) is 9.53 Å². The Morgan fingerprint density at radius 2 is 2.03 bits per heavy atom. The SMILES string of the molecule is C=N/N=C(\C)OCC(=O)N(S)c1cc(C#N)ccc1N1CCC(Oc2ccc(F)cc2F)CC1. The monoisotopic (exact) mass is 487 g/mol. The van der Waals surface area contributed by atoms with Gasteiger partial charge in [0.15, 0.2) is 18.2 Å². The van der Waals surface area contributed by atoms with E-state index in [0.717, 1.165) is 16.4 Å². The van der Waals surface area contributed by atoms with Crippen LogP contribution in [-0.4, -0.2) is 44.3 Å². The zero-order valence-electron chi connectivity index (χ0n) is 18.4. The van der Waals surface area contributed by atoms with Crippen LogP contribution in [0.1, 0.15) is 25.3 Å². The number of benzene rings is 2. The van der Waals surface area contributed by atoms with Crippen molar-refractivity contribution in [2.45, 2.75) is 25.9 Å². The van der Waals surface area contributed by atoms with E-state index in [1.807, 2.05) is 4.90 Å². The number of halogens is 2. The quantitative estimate of drug-likeness (QED) is 0.275. The first-order chi connectivity index (χ1) is 16.3. The molecule has 11 heteroatoms. The molecule has 178 valence electrons. The fourth-order valence-corrected chi connectivity index (χ4v) is 3.70. The van der Waals surface area contributed by atoms with Gasteiger partial charge in [0.2, 0.25) is 5.90 Å². The van der Waals surface area contributed by atoms with E-state index >= 15 is 0 Å². The molecule has 3 rings (SSSR count). The molecule has 0 unspecified atom stereocenters. The minimum Gasteiger partial charge on any atom is -0.487 e. The molecule has 1 aliphatic rings. The second-order valence-electron chi connectivity index (χ2n) is 7.45. The van der Waals surface area contributed by atoms with E-state index < -0.39 is 17.5 Å². The van der Waals surface area contributed by atoms with Gasteiger partial charge in [0, 0.05) is 45.6 Å². The third kappa shape index (κ3) is 6.23. The van der Waals surface area contributed by atoms with Gasteiger partial charge < -0.3 is 14.4 Å². The Morgan fingerprint density at radius 3 is 2.68 bits per heavy atom. The Morgan fingerprint density at radius 1 is 1.29 bits per heavy atom. The van der Waals surface area contributed by atoms with Crippen molar-refractivity contribution in [3.8, 4) is 11.8 Å². The average molecular weight is 488 g/mol. The number of thiol groups is 1. The molecule has 8 nitrogen and oxygen atoms in total. The minimum absolute atomic E-state index is 0.0107. The molecule has 0 N–H and O–H groups in total. The van der Waals surface area contributed by atoms with E-state index in [-0.39, 0.29) is 24.4 Å². The third-order valence-electron chi connectivity index (χ3n) is 5.16. The summed E-state index contributed by atoms with van der Waals surface area (Å²) < 4.78 is 39.1. The van der Waals surface area contributed by atoms with Crippen molar-refractivity contribution in [3.63, 3.8) is 0 Å². The summed E-state index contributed by atoms with van der Waals surface area (Å²) in [4.78, 5) is 14.7. The van der Waals surface area contributed by atoms with Gasteiger partial charge in [-0.05, 0) is 30.3 Å². The molecule has 1 fully saturated rings. The number of carbonyl (C=O) groups is 1. The van der Waals surface area contributed by atoms with Gasteiger partial charge in [0.1, 0.15) is 11.9 Å². The van der Waals surface area contributed by atoms with E-state index in [9.17, 15) is 18.8 Å². The van der Waals surface area contributed by atoms with Crippen molar-refractivity contribution in [2.75, 3.05) is 28.9 Å². The molecule has 1 saturated heterocycles. The topological polar surface area (TPSA) is 90.5 Å². The Kier molecular flexibility index (Phi) is 8.43. The van der Waals surface area contributed by atoms with Crippen LogP contribution in [0.2, 0.25) is 0 Å². The molecule has 1 aliphatic heterocycles. The molecule has 2 aromatic rings. The number of rotatable bonds is 7. The van der Waals surface area contributed by atoms with Gasteiger partial charge in [0.25, 0.3) is 5.91 Å². The normalized spacial score (nSPS) is 14.3. The Balaban J connectivity index is 1.71. The van der Waals surface area contributed by atoms with Gasteiger partial charge in [-0.3, -0.25) is 9.10 Å². The first kappa shape index (κ1) is 25.0. The van der Waals surface area contributed by atoms with Gasteiger partial charge in [-0.1, -0.05) is 12.8 Å². The maximum absolute atomic E-state index is 13.9. The lowest BCUT2D eigenvalue weighted by Gasteiger charge is -2.35. The fourth-order valence-electron chi connectivity index (χ4n) is 3.49. The van der Waals surface area contributed by atoms with Crippen LogP contribution >= 0.6 is 12.8 Å². The zero-order valence-corrected chi connectivity index (χ0v) is 19.3. The van der Waals surface area contributed by atoms with Crippen LogP contribution in [0.5, 0.6) is 5.75 Å². The maximum atomic E-state index is 13.9. The van der Waals surface area contributed by atoms with Crippen LogP contribution in [0.4, 0.5) is 20.2 Å². The van der Waals surface area contributed by atoms with Crippen molar-refractivity contribution < 1.29 is 23.0 Å². The van der Waals surface area contributed by atoms with Crippen LogP contribution in [0.3, 0.4) is 0 Å². The zero-order chi connectivity index (χ0) is 24.7. The van der Waals surface area contributed by atoms with Gasteiger partial charge >= 0.3 is 0 Å². The highest BCUT2D eigenvalue weighted by Gasteiger charge is 2.26. The Bertz CT molecular complexity index is 1130. The highest BCUT2D eigenvalue weighted by atomic mass is 32.1. The molecule has 0 bridgehead atoms. The predicted molar refractivity (Wildman–Crippen MR) is 128 cm³/mol. The standard InChI is InChI=1S/C23H23F2N5O3S/c1-15(28-27-2)32-14-23(31)30(34)21-11-16(13-26)3-5-20(21)29-9-7-18(8-10-29)33-22-6-4-17(24)12-19(22)25/h3-6,11-12,18,34H,2,7-10,14H2,1H3/b28-15+. The summed E-state index contributed by atoms with van der Waals surface area (Å²) in [6, 6.07) is 10.3. The molecule has 34 heavy (non-hydrogen) atoms. The summed E-state index contributed by atoms with van der Waals surface area (Å²) in [5.74, 6) is -1.69. The van der Waals surface area contributed by atoms with E-state index in [1.54, 1.807) is 18.2 Å². The van der Waals surface area contributed by atoms with Gasteiger partial charge in [-0.25, -0.2) is 8.78 Å². The van der Waals surface area contributed by atoms with E-state index in [4.69, 9.17) is 9.47 Å². The van der Waals surface area contributed by atoms with Crippen LogP contribution in [0, 0.1) is 23.0 Å². The number of ether oxygens (including phenoxy) is 2. The highest BCUT2D eigenvalue weighted by Crippen LogP contribution is 2.34. The van der Waals surface area contributed by atoms with Crippen molar-refractivity contribution in [3.05, 3.63) is 53.6 Å². The predicted octanol–water partition coefficient (Wildman–Crippen LogP) is 4.11. The number of hydrogen-bond acceptors (Lipinski definition) is 8. The molecule has 0 saturated carbocycles. The largest absolute Gasteiger partial charge is 0.487 e. The second kappa shape index (κ2) is 11.5. The molecule has 0 aromatic heterocycles. The number of carbonyl (C=O) groups excluding carboxylic acids is 1. The minimum atomic E-state index is -0.743. The molecule has 2 aromatic carbocycles. The van der Waals surface area contributed by atoms with Gasteiger partial charge in [0.05, 0.1) is 23.0 Å². The second-order valence-corrected chi connectivity index (χ2v) is 7.85. The van der Waals surface area contributed by atoms with Crippen LogP contribution in [0.15, 0.2) is 46.6 Å². The first-order valence-electron chi connectivity index (χ1n) is 10.4. The average Bonchev–Trinajstić information content (AvgIpc) is 2.84. The van der Waals surface area contributed by atoms with Gasteiger partial charge in [-0.15, -0.1) is 5.10 Å². The third-order valence-corrected chi connectivity index (χ3v) is 5.59. The van der Waals surface area contributed by atoms with Crippen molar-refractivity contribution >= 4 is 42.7 Å². The van der Waals surface area contributed by atoms with Crippen molar-refractivity contribution in [1.82, 2.24) is 0 Å². The van der Waals surface area contributed by atoms with Crippen molar-refractivity contribution in [2.24, 2.45) is 10.2 Å². The molecular formula is C23H23F2N5O3S. The lowest BCUT2D eigenvalue weighted by molar-refractivity contribution is -0.119. The lowest BCUT2D eigenvalue weighted by atomic mass is 10.1. The summed E-state index contributed by atoms with van der Waals surface area (Å²) in [5.41, 5.74) is 1.49. The molecule has 0 atom stereocenters. The molecule has 1 amide bonds. The maximum Gasteiger partial charge on any atom is 0.274 e. The summed E-state index contributed by atoms with van der Waals surface area (Å²) in [5, 5.41) is 16.2. The number of nitriles is 1. The number of hydrogen-bond donors (Lipinski definition) is 1.